The first kappa shape index (κ1) is 20.9. The van der Waals surface area contributed by atoms with Crippen molar-refractivity contribution in [1.29, 1.82) is 0 Å². The zero-order valence-corrected chi connectivity index (χ0v) is 17.0. The lowest BCUT2D eigenvalue weighted by Crippen LogP contribution is -2.20. The van der Waals surface area contributed by atoms with Crippen molar-refractivity contribution >= 4 is 23.3 Å². The summed E-state index contributed by atoms with van der Waals surface area (Å²) in [5, 5.41) is 19.2. The number of hydrogen-bond acceptors (Lipinski definition) is 7. The van der Waals surface area contributed by atoms with Crippen LogP contribution in [0.4, 0.5) is 11.6 Å². The number of aromatic amines is 1. The quantitative estimate of drug-likeness (QED) is 0.299. The van der Waals surface area contributed by atoms with Crippen LogP contribution in [0.2, 0.25) is 0 Å². The van der Waals surface area contributed by atoms with Crippen molar-refractivity contribution < 1.29 is 9.72 Å². The van der Waals surface area contributed by atoms with Crippen LogP contribution in [-0.2, 0) is 13.1 Å². The van der Waals surface area contributed by atoms with Gasteiger partial charge in [0.25, 0.3) is 22.9 Å². The van der Waals surface area contributed by atoms with Crippen molar-refractivity contribution in [2.75, 3.05) is 5.32 Å². The van der Waals surface area contributed by atoms with Crippen LogP contribution in [0.1, 0.15) is 27.2 Å². The zero-order valence-electron chi connectivity index (χ0n) is 17.0. The Morgan fingerprint density at radius 2 is 1.81 bits per heavy atom. The molecule has 11 heteroatoms. The fraction of sp³-hybridized carbons (Fsp3) is 0.143. The number of aryl methyl sites for hydroxylation is 1. The van der Waals surface area contributed by atoms with E-state index in [0.717, 1.165) is 15.6 Å². The van der Waals surface area contributed by atoms with Crippen molar-refractivity contribution in [3.8, 4) is 0 Å². The molecule has 2 heterocycles. The number of amides is 1. The summed E-state index contributed by atoms with van der Waals surface area (Å²) in [6.07, 6.45) is 0. The van der Waals surface area contributed by atoms with Crippen molar-refractivity contribution in [3.05, 3.63) is 97.4 Å². The van der Waals surface area contributed by atoms with Crippen LogP contribution in [0.3, 0.4) is 0 Å². The molecule has 0 saturated heterocycles. The third-order valence-electron chi connectivity index (χ3n) is 4.71. The maximum atomic E-state index is 12.4. The summed E-state index contributed by atoms with van der Waals surface area (Å²) in [5.41, 5.74) is 2.49. The van der Waals surface area contributed by atoms with Gasteiger partial charge in [-0.1, -0.05) is 29.8 Å². The number of hydrogen-bond donors (Lipinski definition) is 3. The molecule has 162 valence electrons. The lowest BCUT2D eigenvalue weighted by molar-refractivity contribution is -0.384. The summed E-state index contributed by atoms with van der Waals surface area (Å²) in [5.74, 6) is -0.123. The number of nitrogens with zero attached hydrogens (tertiary/aromatic N) is 4. The van der Waals surface area contributed by atoms with Gasteiger partial charge in [0.15, 0.2) is 0 Å². The number of nitro benzene ring substituents is 1. The molecule has 0 radical (unpaired) electrons. The number of non-ortho nitro benzene ring substituents is 1. The van der Waals surface area contributed by atoms with Crippen molar-refractivity contribution in [2.24, 2.45) is 0 Å². The van der Waals surface area contributed by atoms with Gasteiger partial charge in [-0.15, -0.1) is 0 Å². The summed E-state index contributed by atoms with van der Waals surface area (Å²) in [4.78, 5) is 43.5. The van der Waals surface area contributed by atoms with Crippen LogP contribution in [0.25, 0.3) is 5.78 Å². The smallest absolute Gasteiger partial charge is 0.274 e. The molecule has 0 fully saturated rings. The van der Waals surface area contributed by atoms with Gasteiger partial charge in [-0.25, -0.2) is 4.98 Å². The number of rotatable bonds is 7. The van der Waals surface area contributed by atoms with Crippen LogP contribution >= 0.6 is 0 Å². The van der Waals surface area contributed by atoms with E-state index in [4.69, 9.17) is 0 Å². The minimum atomic E-state index is -0.453. The highest BCUT2D eigenvalue weighted by Crippen LogP contribution is 2.12. The number of aromatic nitrogens is 4. The lowest BCUT2D eigenvalue weighted by atomic mass is 10.1. The van der Waals surface area contributed by atoms with E-state index in [0.29, 0.717) is 24.3 Å². The Morgan fingerprint density at radius 3 is 2.50 bits per heavy atom. The first-order valence-electron chi connectivity index (χ1n) is 9.70. The van der Waals surface area contributed by atoms with Gasteiger partial charge in [-0.3, -0.25) is 30.1 Å². The van der Waals surface area contributed by atoms with Gasteiger partial charge in [0.2, 0.25) is 5.95 Å². The number of H-pyrrole nitrogens is 1. The first-order chi connectivity index (χ1) is 15.4. The van der Waals surface area contributed by atoms with E-state index in [1.807, 2.05) is 19.1 Å². The maximum absolute atomic E-state index is 12.4. The van der Waals surface area contributed by atoms with Crippen LogP contribution in [0, 0.1) is 17.0 Å². The number of nitro groups is 1. The van der Waals surface area contributed by atoms with Gasteiger partial charge >= 0.3 is 0 Å². The molecule has 4 rings (SSSR count). The molecule has 0 bridgehead atoms. The summed E-state index contributed by atoms with van der Waals surface area (Å²) >= 11 is 0. The van der Waals surface area contributed by atoms with Crippen molar-refractivity contribution in [1.82, 2.24) is 24.9 Å². The predicted molar refractivity (Wildman–Crippen MR) is 116 cm³/mol. The molecule has 2 aromatic heterocycles. The van der Waals surface area contributed by atoms with E-state index in [9.17, 15) is 19.7 Å². The summed E-state index contributed by atoms with van der Waals surface area (Å²) in [6.45, 7) is 2.66. The van der Waals surface area contributed by atoms with Gasteiger partial charge in [-0.2, -0.15) is 9.50 Å². The second-order valence-corrected chi connectivity index (χ2v) is 7.14. The number of benzene rings is 2. The monoisotopic (exact) mass is 433 g/mol. The van der Waals surface area contributed by atoms with E-state index < -0.39 is 4.92 Å². The normalized spacial score (nSPS) is 10.9. The molecule has 2 aromatic carbocycles. The third kappa shape index (κ3) is 4.68. The largest absolute Gasteiger partial charge is 0.307 e. The lowest BCUT2D eigenvalue weighted by Gasteiger charge is -2.04. The highest BCUT2D eigenvalue weighted by atomic mass is 16.6. The third-order valence-corrected chi connectivity index (χ3v) is 4.71. The number of nitrogens with one attached hydrogen (secondary N) is 3. The predicted octanol–water partition coefficient (Wildman–Crippen LogP) is 2.18. The van der Waals surface area contributed by atoms with E-state index in [1.54, 1.807) is 24.3 Å². The van der Waals surface area contributed by atoms with Crippen LogP contribution < -0.4 is 16.2 Å². The van der Waals surface area contributed by atoms with Gasteiger partial charge in [-0.05, 0) is 24.6 Å². The van der Waals surface area contributed by atoms with Crippen LogP contribution in [-0.4, -0.2) is 30.4 Å². The van der Waals surface area contributed by atoms with Gasteiger partial charge in [0.05, 0.1) is 10.6 Å². The summed E-state index contributed by atoms with van der Waals surface area (Å²) < 4.78 is 1.14. The molecule has 0 spiro atoms. The van der Waals surface area contributed by atoms with E-state index in [1.165, 1.54) is 18.2 Å². The maximum Gasteiger partial charge on any atom is 0.274 e. The Balaban J connectivity index is 1.42. The van der Waals surface area contributed by atoms with E-state index in [2.05, 4.69) is 25.7 Å². The Kier molecular flexibility index (Phi) is 5.73. The molecule has 0 aliphatic rings. The molecule has 0 unspecified atom stereocenters. The van der Waals surface area contributed by atoms with Crippen molar-refractivity contribution in [3.63, 3.8) is 0 Å². The fourth-order valence-electron chi connectivity index (χ4n) is 3.03. The minimum Gasteiger partial charge on any atom is -0.307 e. The van der Waals surface area contributed by atoms with Crippen LogP contribution in [0.5, 0.6) is 0 Å². The average Bonchev–Trinajstić information content (AvgIpc) is 3.17. The molecule has 11 nitrogen and oxygen atoms in total. The Morgan fingerprint density at radius 1 is 1.09 bits per heavy atom. The molecular weight excluding hydrogens is 414 g/mol. The second-order valence-electron chi connectivity index (χ2n) is 7.14. The first-order valence-corrected chi connectivity index (χ1v) is 9.70. The molecule has 0 aliphatic carbocycles. The van der Waals surface area contributed by atoms with E-state index in [-0.39, 0.29) is 28.9 Å². The number of fused-ring (bicyclic) bond motifs is 1. The Labute approximate surface area is 181 Å². The highest BCUT2D eigenvalue weighted by Gasteiger charge is 2.12. The molecule has 0 saturated carbocycles. The van der Waals surface area contributed by atoms with Gasteiger partial charge < -0.3 is 5.32 Å². The number of anilines is 1. The van der Waals surface area contributed by atoms with Crippen molar-refractivity contribution in [2.45, 2.75) is 20.0 Å². The Hall–Kier alpha value is -4.38. The number of carbonyl (C=O) groups is 1. The molecule has 0 atom stereocenters. The van der Waals surface area contributed by atoms with Gasteiger partial charge in [0, 0.05) is 36.9 Å². The topological polar surface area (TPSA) is 147 Å². The molecule has 1 amide bonds. The summed E-state index contributed by atoms with van der Waals surface area (Å²) in [7, 11) is 0. The minimum absolute atomic E-state index is 0.0256. The van der Waals surface area contributed by atoms with E-state index >= 15 is 0 Å². The highest BCUT2D eigenvalue weighted by molar-refractivity contribution is 6.03. The summed E-state index contributed by atoms with van der Waals surface area (Å²) in [6, 6.07) is 14.6. The van der Waals surface area contributed by atoms with Crippen LogP contribution in [0.15, 0.2) is 59.4 Å². The molecule has 0 aliphatic heterocycles. The SMILES string of the molecule is Cc1ccc(C(=O)Nc2nc3nc(CNCc4ccc([N+](=O)[O-])cc4)cc(=O)n3[nH]2)cc1. The number of carbonyl (C=O) groups excluding carboxylic acids is 1. The van der Waals surface area contributed by atoms with Gasteiger partial charge in [0.1, 0.15) is 0 Å². The molecule has 4 aromatic rings. The molecule has 32 heavy (non-hydrogen) atoms. The fourth-order valence-corrected chi connectivity index (χ4v) is 3.03. The Bertz CT molecular complexity index is 1340. The standard InChI is InChI=1S/C21H19N7O4/c1-13-2-6-15(7-3-13)19(30)24-20-25-21-23-16(10-18(29)27(21)26-20)12-22-11-14-4-8-17(9-5-14)28(31)32/h2-10,22H,11-12H2,1H3,(H2,23,24,25,26,30). The molecule has 3 N–H and O–H groups in total. The second kappa shape index (κ2) is 8.78. The molecular formula is C21H19N7O4. The average molecular weight is 433 g/mol. The zero-order chi connectivity index (χ0) is 22.7.